The van der Waals surface area contributed by atoms with Crippen LogP contribution in [0.1, 0.15) is 20.8 Å². The summed E-state index contributed by atoms with van der Waals surface area (Å²) in [6.07, 6.45) is -0.781. The summed E-state index contributed by atoms with van der Waals surface area (Å²) in [5, 5.41) is 12.5. The molecular formula is C12H23N3O2. The maximum absolute atomic E-state index is 11.3. The second-order valence-electron chi connectivity index (χ2n) is 6.16. The van der Waals surface area contributed by atoms with Gasteiger partial charge in [0.2, 0.25) is 0 Å². The van der Waals surface area contributed by atoms with Crippen molar-refractivity contribution in [2.24, 2.45) is 5.41 Å². The van der Waals surface area contributed by atoms with Gasteiger partial charge in [0.1, 0.15) is 0 Å². The van der Waals surface area contributed by atoms with Gasteiger partial charge >= 0.3 is 6.09 Å². The number of hydrogen-bond acceptors (Lipinski definition) is 3. The summed E-state index contributed by atoms with van der Waals surface area (Å²) in [6, 6.07) is 0.699. The van der Waals surface area contributed by atoms with E-state index in [0.717, 1.165) is 26.2 Å². The van der Waals surface area contributed by atoms with Gasteiger partial charge in [-0.2, -0.15) is 0 Å². The summed E-state index contributed by atoms with van der Waals surface area (Å²) >= 11 is 0. The number of nitrogens with zero attached hydrogens (tertiary/aromatic N) is 2. The molecule has 2 aliphatic rings. The van der Waals surface area contributed by atoms with Gasteiger partial charge in [-0.1, -0.05) is 20.8 Å². The Labute approximate surface area is 103 Å². The summed E-state index contributed by atoms with van der Waals surface area (Å²) in [4.78, 5) is 15.3. The Bertz CT molecular complexity index is 297. The molecule has 5 nitrogen and oxygen atoms in total. The third-order valence-corrected chi connectivity index (χ3v) is 3.93. The highest BCUT2D eigenvalue weighted by Crippen LogP contribution is 2.28. The third-order valence-electron chi connectivity index (χ3n) is 3.93. The van der Waals surface area contributed by atoms with Crippen LogP contribution in [0.2, 0.25) is 0 Å². The van der Waals surface area contributed by atoms with Gasteiger partial charge in [-0.05, 0) is 5.41 Å². The van der Waals surface area contributed by atoms with E-state index >= 15 is 0 Å². The zero-order valence-electron chi connectivity index (χ0n) is 10.9. The van der Waals surface area contributed by atoms with E-state index in [0.29, 0.717) is 12.6 Å². The number of carboxylic acid groups (broad SMARTS) is 1. The van der Waals surface area contributed by atoms with Gasteiger partial charge in [-0.3, -0.25) is 4.90 Å². The monoisotopic (exact) mass is 241 g/mol. The molecule has 2 fully saturated rings. The topological polar surface area (TPSA) is 55.8 Å². The highest BCUT2D eigenvalue weighted by molar-refractivity contribution is 5.65. The minimum atomic E-state index is -0.781. The summed E-state index contributed by atoms with van der Waals surface area (Å²) in [5.74, 6) is 0. The van der Waals surface area contributed by atoms with Crippen LogP contribution in [0.4, 0.5) is 4.79 Å². The van der Waals surface area contributed by atoms with Gasteiger partial charge < -0.3 is 15.3 Å². The maximum atomic E-state index is 11.3. The zero-order valence-corrected chi connectivity index (χ0v) is 10.9. The first kappa shape index (κ1) is 12.6. The number of rotatable bonds is 1. The summed E-state index contributed by atoms with van der Waals surface area (Å²) in [5.41, 5.74) is -0.00572. The van der Waals surface area contributed by atoms with E-state index in [2.05, 4.69) is 31.0 Å². The first-order valence-corrected chi connectivity index (χ1v) is 6.34. The molecule has 0 aromatic rings. The molecular weight excluding hydrogens is 218 g/mol. The van der Waals surface area contributed by atoms with E-state index in [-0.39, 0.29) is 11.5 Å². The van der Waals surface area contributed by atoms with E-state index in [1.165, 1.54) is 0 Å². The molecule has 5 heteroatoms. The molecule has 2 saturated heterocycles. The Morgan fingerprint density at radius 1 is 1.29 bits per heavy atom. The molecule has 0 radical (unpaired) electrons. The van der Waals surface area contributed by atoms with Crippen LogP contribution in [-0.2, 0) is 0 Å². The molecule has 0 aliphatic carbocycles. The van der Waals surface area contributed by atoms with Crippen LogP contribution in [0.25, 0.3) is 0 Å². The fourth-order valence-corrected chi connectivity index (χ4v) is 2.64. The number of piperazine rings is 1. The number of carbonyl (C=O) groups is 1. The molecule has 1 atom stereocenters. The lowest BCUT2D eigenvalue weighted by molar-refractivity contribution is -0.00323. The van der Waals surface area contributed by atoms with E-state index < -0.39 is 6.09 Å². The first-order valence-electron chi connectivity index (χ1n) is 6.34. The SMILES string of the molecule is CC(C)(C)C1CN(C2CNC2)CCN1C(=O)O. The number of amides is 1. The van der Waals surface area contributed by atoms with Crippen molar-refractivity contribution in [3.63, 3.8) is 0 Å². The van der Waals surface area contributed by atoms with Crippen LogP contribution in [0.15, 0.2) is 0 Å². The second kappa shape index (κ2) is 4.46. The lowest BCUT2D eigenvalue weighted by Gasteiger charge is -2.50. The van der Waals surface area contributed by atoms with Crippen molar-refractivity contribution in [2.75, 3.05) is 32.7 Å². The highest BCUT2D eigenvalue weighted by Gasteiger charge is 2.40. The minimum absolute atomic E-state index is 0.00572. The van der Waals surface area contributed by atoms with Crippen molar-refractivity contribution in [3.8, 4) is 0 Å². The Balaban J connectivity index is 2.06. The smallest absolute Gasteiger partial charge is 0.407 e. The van der Waals surface area contributed by atoms with E-state index in [1.54, 1.807) is 4.90 Å². The number of hydrogen-bond donors (Lipinski definition) is 2. The third kappa shape index (κ3) is 2.55. The van der Waals surface area contributed by atoms with Gasteiger partial charge in [0.15, 0.2) is 0 Å². The van der Waals surface area contributed by atoms with E-state index in [4.69, 9.17) is 0 Å². The Morgan fingerprint density at radius 2 is 1.94 bits per heavy atom. The lowest BCUT2D eigenvalue weighted by Crippen LogP contribution is -2.66. The molecule has 2 aliphatic heterocycles. The molecule has 0 saturated carbocycles. The van der Waals surface area contributed by atoms with Crippen molar-refractivity contribution in [3.05, 3.63) is 0 Å². The van der Waals surface area contributed by atoms with Crippen molar-refractivity contribution in [1.29, 1.82) is 0 Å². The second-order valence-corrected chi connectivity index (χ2v) is 6.16. The largest absolute Gasteiger partial charge is 0.465 e. The molecule has 0 spiro atoms. The summed E-state index contributed by atoms with van der Waals surface area (Å²) in [6.45, 7) is 10.8. The van der Waals surface area contributed by atoms with Crippen molar-refractivity contribution in [2.45, 2.75) is 32.9 Å². The molecule has 2 heterocycles. The Hall–Kier alpha value is -0.810. The maximum Gasteiger partial charge on any atom is 0.407 e. The molecule has 0 aromatic heterocycles. The quantitative estimate of drug-likeness (QED) is 0.708. The lowest BCUT2D eigenvalue weighted by atomic mass is 9.84. The van der Waals surface area contributed by atoms with Crippen molar-refractivity contribution < 1.29 is 9.90 Å². The van der Waals surface area contributed by atoms with Gasteiger partial charge in [-0.25, -0.2) is 4.79 Å². The fourth-order valence-electron chi connectivity index (χ4n) is 2.64. The minimum Gasteiger partial charge on any atom is -0.465 e. The standard InChI is InChI=1S/C12H23N3O2/c1-12(2,3)10-8-14(9-6-13-7-9)4-5-15(10)11(16)17/h9-10,13H,4-8H2,1-3H3,(H,16,17). The fraction of sp³-hybridized carbons (Fsp3) is 0.917. The molecule has 1 unspecified atom stereocenters. The van der Waals surface area contributed by atoms with Crippen molar-refractivity contribution in [1.82, 2.24) is 15.1 Å². The normalized spacial score (nSPS) is 27.9. The molecule has 1 amide bonds. The van der Waals surface area contributed by atoms with Crippen LogP contribution in [-0.4, -0.2) is 65.8 Å². The van der Waals surface area contributed by atoms with Crippen LogP contribution >= 0.6 is 0 Å². The van der Waals surface area contributed by atoms with Crippen LogP contribution in [0, 0.1) is 5.41 Å². The van der Waals surface area contributed by atoms with E-state index in [9.17, 15) is 9.90 Å². The van der Waals surface area contributed by atoms with Gasteiger partial charge in [0.05, 0.1) is 6.04 Å². The molecule has 0 bridgehead atoms. The van der Waals surface area contributed by atoms with Crippen LogP contribution in [0.3, 0.4) is 0 Å². The molecule has 2 N–H and O–H groups in total. The molecule has 2 rings (SSSR count). The zero-order chi connectivity index (χ0) is 12.6. The first-order chi connectivity index (χ1) is 7.89. The van der Waals surface area contributed by atoms with E-state index in [1.807, 2.05) is 0 Å². The predicted octanol–water partition coefficient (Wildman–Crippen LogP) is 0.669. The molecule has 0 aromatic carbocycles. The van der Waals surface area contributed by atoms with Crippen molar-refractivity contribution >= 4 is 6.09 Å². The Morgan fingerprint density at radius 3 is 2.35 bits per heavy atom. The van der Waals surface area contributed by atoms with Crippen LogP contribution < -0.4 is 5.32 Å². The average Bonchev–Trinajstić information content (AvgIpc) is 2.13. The summed E-state index contributed by atoms with van der Waals surface area (Å²) in [7, 11) is 0. The average molecular weight is 241 g/mol. The van der Waals surface area contributed by atoms with Gasteiger partial charge in [0.25, 0.3) is 0 Å². The Kier molecular flexibility index (Phi) is 3.32. The highest BCUT2D eigenvalue weighted by atomic mass is 16.4. The van der Waals surface area contributed by atoms with Gasteiger partial charge in [-0.15, -0.1) is 0 Å². The molecule has 98 valence electrons. The number of nitrogens with one attached hydrogen (secondary N) is 1. The predicted molar refractivity (Wildman–Crippen MR) is 66.2 cm³/mol. The van der Waals surface area contributed by atoms with Gasteiger partial charge in [0, 0.05) is 38.8 Å². The van der Waals surface area contributed by atoms with Crippen LogP contribution in [0.5, 0.6) is 0 Å². The molecule has 17 heavy (non-hydrogen) atoms. The summed E-state index contributed by atoms with van der Waals surface area (Å²) < 4.78 is 0.